The second-order valence-corrected chi connectivity index (χ2v) is 21.5. The van der Waals surface area contributed by atoms with Crippen LogP contribution in [0.4, 0.5) is 0 Å². The van der Waals surface area contributed by atoms with Gasteiger partial charge in [-0.25, -0.2) is 4.98 Å². The predicted octanol–water partition coefficient (Wildman–Crippen LogP) is 7.45. The lowest BCUT2D eigenvalue weighted by Crippen LogP contribution is -2.49. The number of aromatic nitrogens is 2. The number of fused-ring (bicyclic) bond motifs is 1. The quantitative estimate of drug-likeness (QED) is 0.234. The fourth-order valence-electron chi connectivity index (χ4n) is 4.91. The molecule has 4 aromatic carbocycles. The molecule has 0 aliphatic heterocycles. The Morgan fingerprint density at radius 3 is 1.74 bits per heavy atom. The summed E-state index contributed by atoms with van der Waals surface area (Å²) in [5.41, 5.74) is 7.18. The summed E-state index contributed by atoms with van der Waals surface area (Å²) in [4.78, 5) is 5.23. The van der Waals surface area contributed by atoms with Crippen LogP contribution in [0.2, 0.25) is 39.3 Å². The molecule has 176 valence electrons. The molecular weight excluding hydrogens is 457 g/mol. The molecule has 0 atom stereocenters. The minimum Gasteiger partial charge on any atom is -0.293 e. The Balaban J connectivity index is 1.87. The number of benzene rings is 4. The molecule has 0 fully saturated rings. The summed E-state index contributed by atoms with van der Waals surface area (Å²) in [5.74, 6) is 1.02. The van der Waals surface area contributed by atoms with Gasteiger partial charge in [-0.3, -0.25) is 4.57 Å². The van der Waals surface area contributed by atoms with E-state index < -0.39 is 16.1 Å². The highest BCUT2D eigenvalue weighted by Crippen LogP contribution is 2.31. The van der Waals surface area contributed by atoms with Gasteiger partial charge in [0, 0.05) is 11.3 Å². The van der Waals surface area contributed by atoms with E-state index in [4.69, 9.17) is 4.98 Å². The van der Waals surface area contributed by atoms with Gasteiger partial charge >= 0.3 is 0 Å². The van der Waals surface area contributed by atoms with Crippen LogP contribution < -0.4 is 10.4 Å². The lowest BCUT2D eigenvalue weighted by atomic mass is 10.0. The molecule has 1 heterocycles. The molecule has 5 rings (SSSR count). The van der Waals surface area contributed by atoms with Crippen LogP contribution in [0.25, 0.3) is 39.2 Å². The van der Waals surface area contributed by atoms with Gasteiger partial charge in [0.05, 0.1) is 27.2 Å². The van der Waals surface area contributed by atoms with Crippen molar-refractivity contribution in [1.82, 2.24) is 9.55 Å². The van der Waals surface area contributed by atoms with Gasteiger partial charge in [-0.15, -0.1) is 0 Å². The van der Waals surface area contributed by atoms with Crippen LogP contribution in [0.3, 0.4) is 0 Å². The largest absolute Gasteiger partial charge is 0.293 e. The third-order valence-corrected chi connectivity index (χ3v) is 10.7. The molecule has 0 amide bonds. The Labute approximate surface area is 211 Å². The van der Waals surface area contributed by atoms with E-state index >= 15 is 0 Å². The number of imidazole rings is 1. The average molecular weight is 491 g/mol. The van der Waals surface area contributed by atoms with E-state index in [2.05, 4.69) is 141 Å². The fraction of sp³-hybridized carbons (Fsp3) is 0.194. The maximum atomic E-state index is 5.23. The minimum absolute atomic E-state index is 1.02. The van der Waals surface area contributed by atoms with Gasteiger partial charge < -0.3 is 0 Å². The van der Waals surface area contributed by atoms with Crippen molar-refractivity contribution in [2.45, 2.75) is 39.3 Å². The zero-order valence-electron chi connectivity index (χ0n) is 21.6. The van der Waals surface area contributed by atoms with Crippen LogP contribution in [-0.4, -0.2) is 25.7 Å². The molecule has 0 saturated heterocycles. The number of para-hydroxylation sites is 3. The van der Waals surface area contributed by atoms with E-state index in [9.17, 15) is 0 Å². The molecule has 0 unspecified atom stereocenters. The first kappa shape index (κ1) is 23.5. The molecule has 0 aliphatic rings. The Kier molecular flexibility index (Phi) is 5.90. The summed E-state index contributed by atoms with van der Waals surface area (Å²) >= 11 is 0. The van der Waals surface area contributed by atoms with Gasteiger partial charge in [-0.2, -0.15) is 0 Å². The SMILES string of the molecule is C[Si](C)(C)c1cccc([Si](C)(C)C)c1-n1c(-c2cccc(-c3ccccc3)c2)nc2ccccc21. The lowest BCUT2D eigenvalue weighted by molar-refractivity contribution is 1.12. The van der Waals surface area contributed by atoms with Crippen LogP contribution in [0.1, 0.15) is 0 Å². The maximum Gasteiger partial charge on any atom is 0.145 e. The monoisotopic (exact) mass is 490 g/mol. The highest BCUT2D eigenvalue weighted by molar-refractivity contribution is 6.93. The van der Waals surface area contributed by atoms with Crippen LogP contribution in [0.15, 0.2) is 97.1 Å². The molecule has 1 aromatic heterocycles. The third-order valence-electron chi connectivity index (χ3n) is 6.66. The van der Waals surface area contributed by atoms with Gasteiger partial charge in [0.2, 0.25) is 0 Å². The smallest absolute Gasteiger partial charge is 0.145 e. The Bertz CT molecular complexity index is 1470. The van der Waals surface area contributed by atoms with Crippen molar-refractivity contribution in [2.24, 2.45) is 0 Å². The van der Waals surface area contributed by atoms with Crippen LogP contribution >= 0.6 is 0 Å². The zero-order valence-corrected chi connectivity index (χ0v) is 23.6. The molecule has 0 radical (unpaired) electrons. The molecular formula is C31H34N2Si2. The van der Waals surface area contributed by atoms with Gasteiger partial charge in [-0.1, -0.05) is 118 Å². The minimum atomic E-state index is -1.65. The predicted molar refractivity (Wildman–Crippen MR) is 158 cm³/mol. The normalized spacial score (nSPS) is 12.3. The summed E-state index contributed by atoms with van der Waals surface area (Å²) in [6, 6.07) is 35.1. The van der Waals surface area contributed by atoms with Crippen molar-refractivity contribution in [3.63, 3.8) is 0 Å². The maximum absolute atomic E-state index is 5.23. The van der Waals surface area contributed by atoms with E-state index in [0.29, 0.717) is 0 Å². The van der Waals surface area contributed by atoms with E-state index in [1.54, 1.807) is 0 Å². The van der Waals surface area contributed by atoms with E-state index in [-0.39, 0.29) is 0 Å². The van der Waals surface area contributed by atoms with Crippen molar-refractivity contribution in [1.29, 1.82) is 0 Å². The third kappa shape index (κ3) is 4.44. The number of rotatable bonds is 5. The first-order valence-electron chi connectivity index (χ1n) is 12.4. The fourth-order valence-corrected chi connectivity index (χ4v) is 8.14. The lowest BCUT2D eigenvalue weighted by Gasteiger charge is -2.29. The van der Waals surface area contributed by atoms with Crippen molar-refractivity contribution in [3.05, 3.63) is 97.1 Å². The summed E-state index contributed by atoms with van der Waals surface area (Å²) < 4.78 is 2.47. The summed E-state index contributed by atoms with van der Waals surface area (Å²) in [7, 11) is -3.29. The molecule has 0 bridgehead atoms. The molecule has 0 N–H and O–H groups in total. The van der Waals surface area contributed by atoms with Crippen LogP contribution in [-0.2, 0) is 0 Å². The summed E-state index contributed by atoms with van der Waals surface area (Å²) in [6.07, 6.45) is 0. The highest BCUT2D eigenvalue weighted by Gasteiger charge is 2.30. The molecule has 5 aromatic rings. The van der Waals surface area contributed by atoms with Crippen molar-refractivity contribution < 1.29 is 0 Å². The standard InChI is InChI=1S/C31H34N2Si2/c1-34(2,3)28-20-13-21-29(35(4,5)6)30(28)33-27-19-11-10-18-26(27)32-31(33)25-17-12-16-24(22-25)23-14-8-7-9-15-23/h7-22H,1-6H3. The van der Waals surface area contributed by atoms with Crippen molar-refractivity contribution >= 4 is 37.6 Å². The number of hydrogen-bond donors (Lipinski definition) is 0. The van der Waals surface area contributed by atoms with Crippen molar-refractivity contribution in [2.75, 3.05) is 0 Å². The summed E-state index contributed by atoms with van der Waals surface area (Å²) in [6.45, 7) is 14.7. The first-order chi connectivity index (χ1) is 16.6. The van der Waals surface area contributed by atoms with Gasteiger partial charge in [0.15, 0.2) is 0 Å². The van der Waals surface area contributed by atoms with Gasteiger partial charge in [0.1, 0.15) is 5.82 Å². The molecule has 35 heavy (non-hydrogen) atoms. The molecule has 0 aliphatic carbocycles. The van der Waals surface area contributed by atoms with Crippen LogP contribution in [0, 0.1) is 0 Å². The van der Waals surface area contributed by atoms with Crippen molar-refractivity contribution in [3.8, 4) is 28.2 Å². The Morgan fingerprint density at radius 1 is 0.543 bits per heavy atom. The van der Waals surface area contributed by atoms with Gasteiger partial charge in [0.25, 0.3) is 0 Å². The van der Waals surface area contributed by atoms with Crippen LogP contribution in [0.5, 0.6) is 0 Å². The summed E-state index contributed by atoms with van der Waals surface area (Å²) in [5, 5.41) is 3.00. The van der Waals surface area contributed by atoms with Gasteiger partial charge in [-0.05, 0) is 39.7 Å². The Morgan fingerprint density at radius 2 is 1.09 bits per heavy atom. The first-order valence-corrected chi connectivity index (χ1v) is 19.4. The molecule has 4 heteroatoms. The highest BCUT2D eigenvalue weighted by atomic mass is 28.3. The average Bonchev–Trinajstić information content (AvgIpc) is 3.22. The second-order valence-electron chi connectivity index (χ2n) is 11.4. The number of nitrogens with zero attached hydrogens (tertiary/aromatic N) is 2. The van der Waals surface area contributed by atoms with E-state index in [0.717, 1.165) is 16.9 Å². The van der Waals surface area contributed by atoms with E-state index in [1.807, 2.05) is 0 Å². The Hall–Kier alpha value is -3.22. The molecule has 2 nitrogen and oxygen atoms in total. The molecule has 0 spiro atoms. The molecule has 0 saturated carbocycles. The second kappa shape index (κ2) is 8.78. The zero-order chi connectivity index (χ0) is 24.8. The van der Waals surface area contributed by atoms with E-state index in [1.165, 1.54) is 32.7 Å². The number of hydrogen-bond acceptors (Lipinski definition) is 1. The topological polar surface area (TPSA) is 17.8 Å².